The number of rotatable bonds is 22. The number of unbranched alkanes of at least 4 members (excludes halogenated alkanes) is 5. The number of hydrogen-bond donors (Lipinski definition) is 0. The summed E-state index contributed by atoms with van der Waals surface area (Å²) in [5.74, 6) is -0.158. The molecule has 180 valence electrons. The van der Waals surface area contributed by atoms with Gasteiger partial charge in [-0.15, -0.1) is 0 Å². The molecule has 1 saturated heterocycles. The van der Waals surface area contributed by atoms with Crippen molar-refractivity contribution in [2.45, 2.75) is 111 Å². The maximum atomic E-state index is 6.12. The normalized spacial score (nSPS) is 18.5. The van der Waals surface area contributed by atoms with E-state index in [4.69, 9.17) is 23.7 Å². The highest BCUT2D eigenvalue weighted by Crippen LogP contribution is 2.34. The molecule has 3 unspecified atom stereocenters. The maximum absolute atomic E-state index is 6.12. The van der Waals surface area contributed by atoms with Crippen LogP contribution in [0.4, 0.5) is 0 Å². The van der Waals surface area contributed by atoms with Crippen molar-refractivity contribution in [3.8, 4) is 0 Å². The van der Waals surface area contributed by atoms with E-state index in [2.05, 4.69) is 13.8 Å². The average molecular weight is 431 g/mol. The van der Waals surface area contributed by atoms with Crippen LogP contribution in [0.3, 0.4) is 0 Å². The molecule has 0 aromatic rings. The molecule has 0 aliphatic carbocycles. The third-order valence-corrected chi connectivity index (χ3v) is 6.03. The summed E-state index contributed by atoms with van der Waals surface area (Å²) in [6.07, 6.45) is 12.4. The summed E-state index contributed by atoms with van der Waals surface area (Å²) in [6.45, 7) is 14.8. The lowest BCUT2D eigenvalue weighted by molar-refractivity contribution is -0.403. The Balaban J connectivity index is 2.55. The number of ether oxygens (including phenoxy) is 5. The highest BCUT2D eigenvalue weighted by molar-refractivity contribution is 4.78. The Hall–Kier alpha value is -0.200. The van der Waals surface area contributed by atoms with Crippen molar-refractivity contribution in [3.63, 3.8) is 0 Å². The van der Waals surface area contributed by atoms with E-state index in [-0.39, 0.29) is 5.92 Å². The van der Waals surface area contributed by atoms with Gasteiger partial charge in [-0.3, -0.25) is 0 Å². The van der Waals surface area contributed by atoms with E-state index in [1.807, 2.05) is 20.8 Å². The number of hydrogen-bond acceptors (Lipinski definition) is 5. The van der Waals surface area contributed by atoms with Crippen LogP contribution >= 0.6 is 0 Å². The second-order valence-electron chi connectivity index (χ2n) is 8.41. The van der Waals surface area contributed by atoms with Crippen molar-refractivity contribution in [1.29, 1.82) is 0 Å². The fraction of sp³-hybridized carbons (Fsp3) is 1.00. The molecule has 1 heterocycles. The van der Waals surface area contributed by atoms with Gasteiger partial charge in [-0.25, -0.2) is 0 Å². The van der Waals surface area contributed by atoms with Crippen LogP contribution in [0.2, 0.25) is 0 Å². The van der Waals surface area contributed by atoms with Crippen LogP contribution in [-0.4, -0.2) is 51.7 Å². The molecule has 0 saturated carbocycles. The van der Waals surface area contributed by atoms with Gasteiger partial charge in [-0.2, -0.15) is 0 Å². The number of epoxide rings is 1. The first-order valence-electron chi connectivity index (χ1n) is 12.8. The zero-order valence-electron chi connectivity index (χ0n) is 20.6. The molecule has 0 aromatic carbocycles. The molecule has 0 aromatic heterocycles. The highest BCUT2D eigenvalue weighted by atomic mass is 16.9. The highest BCUT2D eigenvalue weighted by Gasteiger charge is 2.41. The Labute approximate surface area is 186 Å². The van der Waals surface area contributed by atoms with Crippen LogP contribution in [0.5, 0.6) is 0 Å². The second-order valence-corrected chi connectivity index (χ2v) is 8.41. The molecule has 1 aliphatic heterocycles. The standard InChI is InChI=1S/C25H50O5/c1-6-11-12-13-14-15-17-23(25(28-8-3,29-9-4)30-10-5)18-16-19-26-20-22(7-2)24-21-27-24/h22-24H,6-21H2,1-5H3. The van der Waals surface area contributed by atoms with E-state index in [1.165, 1.54) is 38.5 Å². The molecule has 3 atom stereocenters. The zero-order chi connectivity index (χ0) is 22.1. The summed E-state index contributed by atoms with van der Waals surface area (Å²) < 4.78 is 29.8. The Morgan fingerprint density at radius 2 is 1.37 bits per heavy atom. The fourth-order valence-electron chi connectivity index (χ4n) is 4.23. The molecule has 0 N–H and O–H groups in total. The van der Waals surface area contributed by atoms with E-state index >= 15 is 0 Å². The minimum Gasteiger partial charge on any atom is -0.381 e. The maximum Gasteiger partial charge on any atom is 0.285 e. The van der Waals surface area contributed by atoms with Crippen LogP contribution < -0.4 is 0 Å². The van der Waals surface area contributed by atoms with Gasteiger partial charge >= 0.3 is 0 Å². The lowest BCUT2D eigenvalue weighted by Gasteiger charge is -2.39. The second kappa shape index (κ2) is 17.4. The van der Waals surface area contributed by atoms with Crippen LogP contribution in [0.15, 0.2) is 0 Å². The van der Waals surface area contributed by atoms with Crippen LogP contribution in [0.25, 0.3) is 0 Å². The molecule has 0 spiro atoms. The third kappa shape index (κ3) is 10.9. The van der Waals surface area contributed by atoms with E-state index in [1.54, 1.807) is 0 Å². The van der Waals surface area contributed by atoms with Gasteiger partial charge in [0.2, 0.25) is 0 Å². The van der Waals surface area contributed by atoms with Gasteiger partial charge in [0.05, 0.1) is 19.3 Å². The molecule has 5 nitrogen and oxygen atoms in total. The van der Waals surface area contributed by atoms with Gasteiger partial charge in [0.25, 0.3) is 5.97 Å². The summed E-state index contributed by atoms with van der Waals surface area (Å²) in [4.78, 5) is 0. The summed E-state index contributed by atoms with van der Waals surface area (Å²) in [6, 6.07) is 0. The van der Waals surface area contributed by atoms with Crippen LogP contribution in [0, 0.1) is 11.8 Å². The Bertz CT molecular complexity index is 369. The van der Waals surface area contributed by atoms with Crippen LogP contribution in [-0.2, 0) is 23.7 Å². The quantitative estimate of drug-likeness (QED) is 0.114. The first-order chi connectivity index (χ1) is 14.7. The van der Waals surface area contributed by atoms with Crippen molar-refractivity contribution >= 4 is 0 Å². The molecule has 1 fully saturated rings. The van der Waals surface area contributed by atoms with Crippen molar-refractivity contribution in [1.82, 2.24) is 0 Å². The lowest BCUT2D eigenvalue weighted by Crippen LogP contribution is -2.47. The van der Waals surface area contributed by atoms with Gasteiger partial charge in [-0.05, 0) is 46.5 Å². The van der Waals surface area contributed by atoms with E-state index in [0.717, 1.165) is 45.5 Å². The third-order valence-electron chi connectivity index (χ3n) is 6.03. The first-order valence-corrected chi connectivity index (χ1v) is 12.8. The summed E-state index contributed by atoms with van der Waals surface area (Å²) in [5.41, 5.74) is 0. The van der Waals surface area contributed by atoms with Gasteiger partial charge in [0.15, 0.2) is 0 Å². The monoisotopic (exact) mass is 430 g/mol. The zero-order valence-corrected chi connectivity index (χ0v) is 20.6. The first kappa shape index (κ1) is 27.8. The summed E-state index contributed by atoms with van der Waals surface area (Å²) in [5, 5.41) is 0. The molecule has 0 bridgehead atoms. The minimum atomic E-state index is -0.921. The van der Waals surface area contributed by atoms with Gasteiger partial charge in [-0.1, -0.05) is 52.4 Å². The predicted molar refractivity (Wildman–Crippen MR) is 123 cm³/mol. The van der Waals surface area contributed by atoms with Crippen molar-refractivity contribution < 1.29 is 23.7 Å². The predicted octanol–water partition coefficient (Wildman–Crippen LogP) is 6.34. The molecule has 5 heteroatoms. The largest absolute Gasteiger partial charge is 0.381 e. The Kier molecular flexibility index (Phi) is 16.1. The topological polar surface area (TPSA) is 49.5 Å². The van der Waals surface area contributed by atoms with Gasteiger partial charge < -0.3 is 23.7 Å². The smallest absolute Gasteiger partial charge is 0.285 e. The fourth-order valence-corrected chi connectivity index (χ4v) is 4.23. The molecule has 30 heavy (non-hydrogen) atoms. The minimum absolute atomic E-state index is 0.223. The SMILES string of the molecule is CCCCCCCCC(CCCOCC(CC)C1CO1)C(OCC)(OCC)OCC. The van der Waals surface area contributed by atoms with E-state index in [0.29, 0.717) is 31.8 Å². The molecule has 0 amide bonds. The Morgan fingerprint density at radius 3 is 1.90 bits per heavy atom. The van der Waals surface area contributed by atoms with Crippen LogP contribution in [0.1, 0.15) is 98.8 Å². The Morgan fingerprint density at radius 1 is 0.800 bits per heavy atom. The average Bonchev–Trinajstić information content (AvgIpc) is 3.57. The summed E-state index contributed by atoms with van der Waals surface area (Å²) in [7, 11) is 0. The molecule has 1 rings (SSSR count). The van der Waals surface area contributed by atoms with Crippen molar-refractivity contribution in [2.75, 3.05) is 39.6 Å². The summed E-state index contributed by atoms with van der Waals surface area (Å²) >= 11 is 0. The molecular weight excluding hydrogens is 380 g/mol. The molecule has 0 radical (unpaired) electrons. The molecular formula is C25H50O5. The lowest BCUT2D eigenvalue weighted by atomic mass is 9.93. The van der Waals surface area contributed by atoms with E-state index < -0.39 is 5.97 Å². The molecule has 1 aliphatic rings. The van der Waals surface area contributed by atoms with E-state index in [9.17, 15) is 0 Å². The van der Waals surface area contributed by atoms with Crippen molar-refractivity contribution in [3.05, 3.63) is 0 Å². The van der Waals surface area contributed by atoms with Crippen molar-refractivity contribution in [2.24, 2.45) is 11.8 Å². The van der Waals surface area contributed by atoms with Gasteiger partial charge in [0, 0.05) is 38.3 Å². The van der Waals surface area contributed by atoms with Gasteiger partial charge in [0.1, 0.15) is 0 Å².